The SMILES string of the molecule is CC(=O)OC[C@H]1O[C@H](O[C@@H]2C(C)(C)[C@@H]3CC[C@@]2(C)C3)C=C[C@@H]1OC(C)=O. The minimum absolute atomic E-state index is 0.0193. The molecule has 0 aromatic carbocycles. The van der Waals surface area contributed by atoms with Gasteiger partial charge in [-0.1, -0.05) is 20.8 Å². The van der Waals surface area contributed by atoms with Crippen LogP contribution < -0.4 is 0 Å². The van der Waals surface area contributed by atoms with Gasteiger partial charge in [0.2, 0.25) is 0 Å². The molecule has 0 N–H and O–H groups in total. The van der Waals surface area contributed by atoms with Gasteiger partial charge in [0, 0.05) is 13.8 Å². The second-order valence-corrected chi connectivity index (χ2v) is 8.74. The summed E-state index contributed by atoms with van der Waals surface area (Å²) >= 11 is 0. The standard InChI is InChI=1S/C20H30O6/c1-12(21)23-11-16-15(24-13(2)22)6-7-17(25-16)26-18-19(3,4)14-8-9-20(18,5)10-14/h6-7,14-18H,8-11H2,1-5H3/t14-,15+,16-,17-,18-,20+/m1/s1. The van der Waals surface area contributed by atoms with Crippen molar-refractivity contribution in [3.63, 3.8) is 0 Å². The monoisotopic (exact) mass is 366 g/mol. The van der Waals surface area contributed by atoms with E-state index in [9.17, 15) is 9.59 Å². The number of esters is 2. The molecule has 0 saturated heterocycles. The van der Waals surface area contributed by atoms with Crippen molar-refractivity contribution in [2.45, 2.75) is 78.5 Å². The van der Waals surface area contributed by atoms with Crippen molar-refractivity contribution in [1.82, 2.24) is 0 Å². The lowest BCUT2D eigenvalue weighted by Crippen LogP contribution is -2.48. The van der Waals surface area contributed by atoms with Crippen molar-refractivity contribution >= 4 is 11.9 Å². The first-order valence-electron chi connectivity index (χ1n) is 9.41. The molecule has 6 heteroatoms. The van der Waals surface area contributed by atoms with E-state index in [1.165, 1.54) is 33.1 Å². The molecule has 3 aliphatic rings. The molecule has 1 aliphatic heterocycles. The number of carbonyl (C=O) groups is 2. The first kappa shape index (κ1) is 19.4. The Labute approximate surface area is 155 Å². The Morgan fingerprint density at radius 2 is 1.88 bits per heavy atom. The Balaban J connectivity index is 1.70. The van der Waals surface area contributed by atoms with Crippen molar-refractivity contribution < 1.29 is 28.5 Å². The summed E-state index contributed by atoms with van der Waals surface area (Å²) in [7, 11) is 0. The predicted octanol–water partition coefficient (Wildman–Crippen LogP) is 2.99. The summed E-state index contributed by atoms with van der Waals surface area (Å²) in [5, 5.41) is 0. The highest BCUT2D eigenvalue weighted by atomic mass is 16.7. The first-order valence-corrected chi connectivity index (χ1v) is 9.41. The Bertz CT molecular complexity index is 592. The minimum atomic E-state index is -0.588. The summed E-state index contributed by atoms with van der Waals surface area (Å²) in [4.78, 5) is 22.5. The molecule has 0 aromatic heterocycles. The van der Waals surface area contributed by atoms with E-state index in [0.717, 1.165) is 0 Å². The molecule has 2 fully saturated rings. The fourth-order valence-corrected chi connectivity index (χ4v) is 5.07. The average Bonchev–Trinajstić information content (AvgIpc) is 3.02. The maximum absolute atomic E-state index is 11.3. The van der Waals surface area contributed by atoms with Gasteiger partial charge in [-0.25, -0.2) is 0 Å². The third-order valence-corrected chi connectivity index (χ3v) is 6.29. The van der Waals surface area contributed by atoms with Crippen LogP contribution in [-0.4, -0.2) is 43.1 Å². The quantitative estimate of drug-likeness (QED) is 0.550. The van der Waals surface area contributed by atoms with Gasteiger partial charge in [-0.05, 0) is 48.2 Å². The van der Waals surface area contributed by atoms with Crippen LogP contribution in [0, 0.1) is 16.7 Å². The molecular weight excluding hydrogens is 336 g/mol. The molecular formula is C20H30O6. The maximum atomic E-state index is 11.3. The summed E-state index contributed by atoms with van der Waals surface area (Å²) in [6.45, 7) is 9.56. The Kier molecular flexibility index (Phi) is 5.19. The summed E-state index contributed by atoms with van der Waals surface area (Å²) in [5.41, 5.74) is 0.270. The topological polar surface area (TPSA) is 71.1 Å². The minimum Gasteiger partial charge on any atom is -0.463 e. The van der Waals surface area contributed by atoms with Crippen LogP contribution in [0.4, 0.5) is 0 Å². The molecule has 2 saturated carbocycles. The van der Waals surface area contributed by atoms with E-state index in [2.05, 4.69) is 20.8 Å². The smallest absolute Gasteiger partial charge is 0.303 e. The molecule has 0 unspecified atom stereocenters. The molecule has 6 nitrogen and oxygen atoms in total. The van der Waals surface area contributed by atoms with E-state index in [4.69, 9.17) is 18.9 Å². The van der Waals surface area contributed by atoms with Crippen molar-refractivity contribution in [1.29, 1.82) is 0 Å². The summed E-state index contributed by atoms with van der Waals surface area (Å²) < 4.78 is 22.7. The summed E-state index contributed by atoms with van der Waals surface area (Å²) in [5.74, 6) is -0.128. The van der Waals surface area contributed by atoms with Crippen LogP contribution >= 0.6 is 0 Å². The first-order chi connectivity index (χ1) is 12.1. The number of ether oxygens (including phenoxy) is 4. The average molecular weight is 366 g/mol. The lowest BCUT2D eigenvalue weighted by Gasteiger charge is -2.44. The molecule has 146 valence electrons. The Hall–Kier alpha value is -1.40. The zero-order chi connectivity index (χ0) is 19.1. The molecule has 0 aromatic rings. The largest absolute Gasteiger partial charge is 0.463 e. The summed E-state index contributed by atoms with van der Waals surface area (Å²) in [6.07, 6.45) is 5.58. The van der Waals surface area contributed by atoms with Crippen LogP contribution in [0.2, 0.25) is 0 Å². The van der Waals surface area contributed by atoms with Crippen molar-refractivity contribution in [3.05, 3.63) is 12.2 Å². The van der Waals surface area contributed by atoms with E-state index < -0.39 is 30.4 Å². The van der Waals surface area contributed by atoms with E-state index >= 15 is 0 Å². The van der Waals surface area contributed by atoms with Gasteiger partial charge < -0.3 is 18.9 Å². The van der Waals surface area contributed by atoms with Crippen LogP contribution in [0.1, 0.15) is 53.9 Å². The van der Waals surface area contributed by atoms with Crippen molar-refractivity contribution in [2.24, 2.45) is 16.7 Å². The fourth-order valence-electron chi connectivity index (χ4n) is 5.07. The molecule has 3 rings (SSSR count). The van der Waals surface area contributed by atoms with Gasteiger partial charge >= 0.3 is 11.9 Å². The van der Waals surface area contributed by atoms with E-state index in [1.54, 1.807) is 12.2 Å². The number of rotatable bonds is 5. The van der Waals surface area contributed by atoms with Gasteiger partial charge in [-0.2, -0.15) is 0 Å². The molecule has 26 heavy (non-hydrogen) atoms. The highest BCUT2D eigenvalue weighted by Gasteiger charge is 2.60. The molecule has 0 amide bonds. The van der Waals surface area contributed by atoms with Crippen molar-refractivity contribution in [2.75, 3.05) is 6.61 Å². The van der Waals surface area contributed by atoms with Gasteiger partial charge in [-0.3, -0.25) is 9.59 Å². The molecule has 2 bridgehead atoms. The number of fused-ring (bicyclic) bond motifs is 2. The zero-order valence-electron chi connectivity index (χ0n) is 16.3. The van der Waals surface area contributed by atoms with Crippen LogP contribution in [-0.2, 0) is 28.5 Å². The van der Waals surface area contributed by atoms with Gasteiger partial charge in [0.05, 0.1) is 6.10 Å². The van der Waals surface area contributed by atoms with E-state index in [0.29, 0.717) is 5.92 Å². The van der Waals surface area contributed by atoms with Crippen LogP contribution in [0.15, 0.2) is 12.2 Å². The molecule has 2 aliphatic carbocycles. The van der Waals surface area contributed by atoms with Crippen LogP contribution in [0.3, 0.4) is 0 Å². The normalized spacial score (nSPS) is 40.4. The second kappa shape index (κ2) is 6.97. The third kappa shape index (κ3) is 3.67. The maximum Gasteiger partial charge on any atom is 0.303 e. The third-order valence-electron chi connectivity index (χ3n) is 6.29. The van der Waals surface area contributed by atoms with Crippen LogP contribution in [0.25, 0.3) is 0 Å². The molecule has 0 radical (unpaired) electrons. The van der Waals surface area contributed by atoms with Crippen LogP contribution in [0.5, 0.6) is 0 Å². The zero-order valence-corrected chi connectivity index (χ0v) is 16.3. The fraction of sp³-hybridized carbons (Fsp3) is 0.800. The second-order valence-electron chi connectivity index (χ2n) is 8.74. The Morgan fingerprint density at radius 1 is 1.15 bits per heavy atom. The highest BCUT2D eigenvalue weighted by Crippen LogP contribution is 2.63. The van der Waals surface area contributed by atoms with Gasteiger partial charge in [0.25, 0.3) is 0 Å². The summed E-state index contributed by atoms with van der Waals surface area (Å²) in [6, 6.07) is 0. The predicted molar refractivity (Wildman–Crippen MR) is 94.1 cm³/mol. The van der Waals surface area contributed by atoms with Crippen molar-refractivity contribution in [3.8, 4) is 0 Å². The molecule has 0 spiro atoms. The van der Waals surface area contributed by atoms with E-state index in [1.807, 2.05) is 0 Å². The molecule has 1 heterocycles. The lowest BCUT2D eigenvalue weighted by atomic mass is 9.70. The number of hydrogen-bond donors (Lipinski definition) is 0. The Morgan fingerprint density at radius 3 is 2.46 bits per heavy atom. The van der Waals surface area contributed by atoms with Gasteiger partial charge in [0.15, 0.2) is 6.29 Å². The van der Waals surface area contributed by atoms with Gasteiger partial charge in [0.1, 0.15) is 18.8 Å². The molecule has 6 atom stereocenters. The lowest BCUT2D eigenvalue weighted by molar-refractivity contribution is -0.237. The van der Waals surface area contributed by atoms with Gasteiger partial charge in [-0.15, -0.1) is 0 Å². The van der Waals surface area contributed by atoms with E-state index in [-0.39, 0.29) is 23.5 Å². The number of carbonyl (C=O) groups excluding carboxylic acids is 2. The highest BCUT2D eigenvalue weighted by molar-refractivity contribution is 5.66. The number of hydrogen-bond acceptors (Lipinski definition) is 6.